The molecule has 0 amide bonds. The van der Waals surface area contributed by atoms with Crippen molar-refractivity contribution < 1.29 is 0 Å². The zero-order valence-electron chi connectivity index (χ0n) is 5.22. The molecule has 8 heavy (non-hydrogen) atoms. The first-order chi connectivity index (χ1) is 3.85. The number of hydrogen-bond donors (Lipinski definition) is 0. The van der Waals surface area contributed by atoms with Crippen LogP contribution >= 0.6 is 0 Å². The number of nitrogens with zero attached hydrogens (tertiary/aromatic N) is 1. The molecule has 0 aliphatic rings. The van der Waals surface area contributed by atoms with Gasteiger partial charge in [-0.25, -0.2) is 0 Å². The first kappa shape index (κ1) is 7.29. The predicted molar refractivity (Wildman–Crippen MR) is 37.3 cm³/mol. The smallest absolute Gasteiger partial charge is 0.101 e. The molecule has 0 saturated heterocycles. The zero-order valence-corrected chi connectivity index (χ0v) is 5.22. The van der Waals surface area contributed by atoms with Gasteiger partial charge in [0.15, 0.2) is 0 Å². The van der Waals surface area contributed by atoms with Crippen molar-refractivity contribution >= 4 is 7.85 Å². The molecule has 0 N–H and O–H groups in total. The number of nitriles is 1. The average Bonchev–Trinajstić information content (AvgIpc) is 1.83. The molecular formula is C6H10BN. The second-order valence-corrected chi connectivity index (χ2v) is 1.76. The molecule has 0 aliphatic heterocycles. The van der Waals surface area contributed by atoms with Crippen molar-refractivity contribution in [2.75, 3.05) is 0 Å². The van der Waals surface area contributed by atoms with E-state index in [-0.39, 0.29) is 5.92 Å². The molecule has 1 atom stereocenters. The van der Waals surface area contributed by atoms with Crippen molar-refractivity contribution in [1.82, 2.24) is 0 Å². The van der Waals surface area contributed by atoms with Crippen molar-refractivity contribution in [3.8, 4) is 6.07 Å². The van der Waals surface area contributed by atoms with Gasteiger partial charge in [0.1, 0.15) is 7.85 Å². The summed E-state index contributed by atoms with van der Waals surface area (Å²) in [6.07, 6.45) is 3.70. The third kappa shape index (κ3) is 2.46. The quantitative estimate of drug-likeness (QED) is 0.385. The molecule has 2 heteroatoms. The molecule has 1 nitrogen and oxygen atoms in total. The lowest BCUT2D eigenvalue weighted by molar-refractivity contribution is 0.789. The first-order valence-electron chi connectivity index (χ1n) is 2.87. The number of allylic oxidation sites excluding steroid dienone is 1. The average molecular weight is 107 g/mol. The highest BCUT2D eigenvalue weighted by Gasteiger charge is 1.96. The number of rotatable bonds is 3. The second kappa shape index (κ2) is 4.45. The summed E-state index contributed by atoms with van der Waals surface area (Å²) in [5, 5.41) is 8.34. The topological polar surface area (TPSA) is 23.8 Å². The van der Waals surface area contributed by atoms with Crippen LogP contribution < -0.4 is 0 Å². The van der Waals surface area contributed by atoms with Crippen molar-refractivity contribution in [2.45, 2.75) is 12.7 Å². The number of hydrogen-bond acceptors (Lipinski definition) is 1. The van der Waals surface area contributed by atoms with Crippen molar-refractivity contribution in [3.63, 3.8) is 0 Å². The van der Waals surface area contributed by atoms with Crippen LogP contribution in [0.5, 0.6) is 0 Å². The Balaban J connectivity index is 3.40. The van der Waals surface area contributed by atoms with E-state index in [1.807, 2.05) is 0 Å². The molecule has 0 spiro atoms. The SMILES string of the molecule is BCCC(C#N)C=C. The fraction of sp³-hybridized carbons (Fsp3) is 0.500. The fourth-order valence-electron chi connectivity index (χ4n) is 0.546. The van der Waals surface area contributed by atoms with Gasteiger partial charge in [-0.3, -0.25) is 0 Å². The monoisotopic (exact) mass is 107 g/mol. The molecule has 0 aromatic heterocycles. The van der Waals surface area contributed by atoms with Crippen LogP contribution in [0.15, 0.2) is 12.7 Å². The molecule has 0 saturated carbocycles. The van der Waals surface area contributed by atoms with Crippen molar-refractivity contribution in [2.24, 2.45) is 5.92 Å². The fourth-order valence-corrected chi connectivity index (χ4v) is 0.546. The summed E-state index contributed by atoms with van der Waals surface area (Å²) in [7, 11) is 2.06. The lowest BCUT2D eigenvalue weighted by Crippen LogP contribution is -1.89. The van der Waals surface area contributed by atoms with E-state index >= 15 is 0 Å². The molecule has 0 aromatic carbocycles. The highest BCUT2D eigenvalue weighted by molar-refractivity contribution is 6.08. The first-order valence-corrected chi connectivity index (χ1v) is 2.87. The maximum atomic E-state index is 8.34. The molecule has 0 rings (SSSR count). The van der Waals surface area contributed by atoms with Crippen LogP contribution in [0, 0.1) is 17.2 Å². The Bertz CT molecular complexity index is 104. The molecule has 0 radical (unpaired) electrons. The Morgan fingerprint density at radius 1 is 1.88 bits per heavy atom. The van der Waals surface area contributed by atoms with Gasteiger partial charge in [0, 0.05) is 0 Å². The summed E-state index contributed by atoms with van der Waals surface area (Å²) in [4.78, 5) is 0. The van der Waals surface area contributed by atoms with E-state index < -0.39 is 0 Å². The van der Waals surface area contributed by atoms with Gasteiger partial charge < -0.3 is 0 Å². The summed E-state index contributed by atoms with van der Waals surface area (Å²) in [6.45, 7) is 3.53. The van der Waals surface area contributed by atoms with Gasteiger partial charge in [-0.1, -0.05) is 12.4 Å². The van der Waals surface area contributed by atoms with Gasteiger partial charge in [-0.2, -0.15) is 5.26 Å². The molecule has 0 fully saturated rings. The van der Waals surface area contributed by atoms with Gasteiger partial charge in [0.2, 0.25) is 0 Å². The van der Waals surface area contributed by atoms with Gasteiger partial charge in [-0.05, 0) is 6.42 Å². The highest BCUT2D eigenvalue weighted by Crippen LogP contribution is 2.03. The summed E-state index contributed by atoms with van der Waals surface area (Å²) in [5.74, 6) is 0.0694. The van der Waals surface area contributed by atoms with Gasteiger partial charge in [-0.15, -0.1) is 6.58 Å². The third-order valence-corrected chi connectivity index (χ3v) is 1.05. The zero-order chi connectivity index (χ0) is 6.41. The summed E-state index contributed by atoms with van der Waals surface area (Å²) in [5.41, 5.74) is 0. The highest BCUT2D eigenvalue weighted by atomic mass is 14.3. The summed E-state index contributed by atoms with van der Waals surface area (Å²) < 4.78 is 0. The molecule has 42 valence electrons. The van der Waals surface area contributed by atoms with E-state index in [1.165, 1.54) is 0 Å². The second-order valence-electron chi connectivity index (χ2n) is 1.76. The molecular weight excluding hydrogens is 96.9 g/mol. The maximum absolute atomic E-state index is 8.34. The normalized spacial score (nSPS) is 11.9. The summed E-state index contributed by atoms with van der Waals surface area (Å²) in [6, 6.07) is 2.13. The van der Waals surface area contributed by atoms with E-state index in [9.17, 15) is 0 Å². The van der Waals surface area contributed by atoms with Crippen LogP contribution in [-0.2, 0) is 0 Å². The molecule has 1 unspecified atom stereocenters. The Kier molecular flexibility index (Phi) is 4.06. The van der Waals surface area contributed by atoms with Gasteiger partial charge in [0.05, 0.1) is 12.0 Å². The Morgan fingerprint density at radius 2 is 2.50 bits per heavy atom. The minimum absolute atomic E-state index is 0.0694. The molecule has 0 bridgehead atoms. The van der Waals surface area contributed by atoms with E-state index in [0.29, 0.717) is 0 Å². The van der Waals surface area contributed by atoms with E-state index in [4.69, 9.17) is 5.26 Å². The van der Waals surface area contributed by atoms with Crippen molar-refractivity contribution in [1.29, 1.82) is 5.26 Å². The van der Waals surface area contributed by atoms with E-state index in [2.05, 4.69) is 20.5 Å². The van der Waals surface area contributed by atoms with Gasteiger partial charge in [0.25, 0.3) is 0 Å². The van der Waals surface area contributed by atoms with Crippen LogP contribution in [0.2, 0.25) is 6.32 Å². The van der Waals surface area contributed by atoms with Crippen molar-refractivity contribution in [3.05, 3.63) is 12.7 Å². The Labute approximate surface area is 51.4 Å². The molecule has 0 aliphatic carbocycles. The largest absolute Gasteiger partial charge is 0.198 e. The van der Waals surface area contributed by atoms with Crippen LogP contribution in [-0.4, -0.2) is 7.85 Å². The standard InChI is InChI=1S/C6H10BN/c1-2-6(5-8)3-4-7/h2,6H,1,3-4,7H2. The minimum atomic E-state index is 0.0694. The van der Waals surface area contributed by atoms with E-state index in [0.717, 1.165) is 12.7 Å². The maximum Gasteiger partial charge on any atom is 0.101 e. The Morgan fingerprint density at radius 3 is 2.62 bits per heavy atom. The van der Waals surface area contributed by atoms with Crippen LogP contribution in [0.3, 0.4) is 0 Å². The lowest BCUT2D eigenvalue weighted by Gasteiger charge is -1.95. The molecule has 0 aromatic rings. The lowest BCUT2D eigenvalue weighted by atomic mass is 9.94. The van der Waals surface area contributed by atoms with E-state index in [1.54, 1.807) is 6.08 Å². The Hall–Kier alpha value is -0.705. The summed E-state index contributed by atoms with van der Waals surface area (Å²) >= 11 is 0. The predicted octanol–water partition coefficient (Wildman–Crippen LogP) is 0.754. The van der Waals surface area contributed by atoms with Crippen LogP contribution in [0.25, 0.3) is 0 Å². The van der Waals surface area contributed by atoms with Crippen LogP contribution in [0.1, 0.15) is 6.42 Å². The van der Waals surface area contributed by atoms with Crippen LogP contribution in [0.4, 0.5) is 0 Å². The third-order valence-electron chi connectivity index (χ3n) is 1.05. The minimum Gasteiger partial charge on any atom is -0.198 e. The van der Waals surface area contributed by atoms with Gasteiger partial charge >= 0.3 is 0 Å². The molecule has 0 heterocycles.